The van der Waals surface area contributed by atoms with Crippen molar-refractivity contribution in [3.05, 3.63) is 0 Å². The van der Waals surface area contributed by atoms with Crippen LogP contribution in [0.5, 0.6) is 0 Å². The Morgan fingerprint density at radius 1 is 1.07 bits per heavy atom. The highest BCUT2D eigenvalue weighted by Gasteiger charge is 2.06. The van der Waals surface area contributed by atoms with E-state index in [1.165, 1.54) is 32.1 Å². The summed E-state index contributed by atoms with van der Waals surface area (Å²) in [6, 6.07) is 0.529. The molecule has 0 radical (unpaired) electrons. The predicted octanol–water partition coefficient (Wildman–Crippen LogP) is 4.46. The molecular formula is C13H27N. The van der Waals surface area contributed by atoms with Crippen molar-refractivity contribution in [1.29, 1.82) is 0 Å². The van der Waals surface area contributed by atoms with Crippen LogP contribution in [0.3, 0.4) is 0 Å². The van der Waals surface area contributed by atoms with Crippen molar-refractivity contribution in [2.24, 2.45) is 10.9 Å². The molecule has 0 fully saturated rings. The van der Waals surface area contributed by atoms with Gasteiger partial charge in [0.2, 0.25) is 0 Å². The zero-order valence-corrected chi connectivity index (χ0v) is 10.4. The van der Waals surface area contributed by atoms with E-state index in [1.54, 1.807) is 0 Å². The van der Waals surface area contributed by atoms with E-state index in [0.717, 1.165) is 12.3 Å². The number of nitrogens with zero attached hydrogens (tertiary/aromatic N) is 1. The van der Waals surface area contributed by atoms with Crippen LogP contribution in [-0.4, -0.2) is 12.3 Å². The molecule has 0 bridgehead atoms. The molecule has 0 aromatic carbocycles. The van der Waals surface area contributed by atoms with Gasteiger partial charge in [0.15, 0.2) is 0 Å². The quantitative estimate of drug-likeness (QED) is 0.509. The maximum Gasteiger partial charge on any atom is 0.0467 e. The molecule has 1 nitrogen and oxygen atoms in total. The van der Waals surface area contributed by atoms with Crippen molar-refractivity contribution in [2.45, 2.75) is 72.3 Å². The number of rotatable bonds is 8. The summed E-state index contributed by atoms with van der Waals surface area (Å²) in [7, 11) is 0. The minimum Gasteiger partial charge on any atom is -0.295 e. The smallest absolute Gasteiger partial charge is 0.0467 e. The molecule has 2 atom stereocenters. The summed E-state index contributed by atoms with van der Waals surface area (Å²) in [6.07, 6.45) is 9.77. The second-order valence-corrected chi connectivity index (χ2v) is 4.23. The van der Waals surface area contributed by atoms with Crippen molar-refractivity contribution < 1.29 is 0 Å². The van der Waals surface area contributed by atoms with Crippen LogP contribution in [0.15, 0.2) is 4.99 Å². The zero-order chi connectivity index (χ0) is 10.8. The Morgan fingerprint density at radius 3 is 2.29 bits per heavy atom. The molecule has 0 aliphatic heterocycles. The fourth-order valence-electron chi connectivity index (χ4n) is 1.80. The van der Waals surface area contributed by atoms with Gasteiger partial charge in [0.1, 0.15) is 0 Å². The van der Waals surface area contributed by atoms with Crippen molar-refractivity contribution in [1.82, 2.24) is 0 Å². The molecule has 84 valence electrons. The van der Waals surface area contributed by atoms with E-state index in [2.05, 4.69) is 32.7 Å². The van der Waals surface area contributed by atoms with Crippen molar-refractivity contribution >= 4 is 6.21 Å². The van der Waals surface area contributed by atoms with E-state index in [9.17, 15) is 0 Å². The molecule has 0 spiro atoms. The Labute approximate surface area is 90.0 Å². The van der Waals surface area contributed by atoms with Crippen molar-refractivity contribution in [3.63, 3.8) is 0 Å². The van der Waals surface area contributed by atoms with E-state index >= 15 is 0 Å². The predicted molar refractivity (Wildman–Crippen MR) is 66.2 cm³/mol. The highest BCUT2D eigenvalue weighted by molar-refractivity contribution is 5.56. The van der Waals surface area contributed by atoms with Gasteiger partial charge in [-0.2, -0.15) is 0 Å². The third-order valence-corrected chi connectivity index (χ3v) is 2.81. The minimum absolute atomic E-state index is 0.529. The zero-order valence-electron chi connectivity index (χ0n) is 10.4. The third kappa shape index (κ3) is 7.11. The maximum atomic E-state index is 4.48. The van der Waals surface area contributed by atoms with Gasteiger partial charge in [-0.1, -0.05) is 40.0 Å². The first-order chi connectivity index (χ1) is 6.74. The Balaban J connectivity index is 3.61. The normalized spacial score (nSPS) is 16.0. The summed E-state index contributed by atoms with van der Waals surface area (Å²) < 4.78 is 0. The largest absolute Gasteiger partial charge is 0.295 e. The summed E-state index contributed by atoms with van der Waals surface area (Å²) >= 11 is 0. The highest BCUT2D eigenvalue weighted by Crippen LogP contribution is 2.18. The van der Waals surface area contributed by atoms with E-state index in [1.807, 2.05) is 6.21 Å². The van der Waals surface area contributed by atoms with E-state index in [-0.39, 0.29) is 0 Å². The molecular weight excluding hydrogens is 170 g/mol. The summed E-state index contributed by atoms with van der Waals surface area (Å²) in [5.41, 5.74) is 0. The number of hydrogen-bond donors (Lipinski definition) is 0. The second kappa shape index (κ2) is 9.23. The van der Waals surface area contributed by atoms with Gasteiger partial charge in [-0.05, 0) is 38.3 Å². The van der Waals surface area contributed by atoms with Gasteiger partial charge in [0.05, 0.1) is 0 Å². The highest BCUT2D eigenvalue weighted by atomic mass is 14.7. The summed E-state index contributed by atoms with van der Waals surface area (Å²) in [5.74, 6) is 0.930. The van der Waals surface area contributed by atoms with Crippen molar-refractivity contribution in [3.8, 4) is 0 Å². The van der Waals surface area contributed by atoms with Crippen LogP contribution in [0, 0.1) is 5.92 Å². The molecule has 0 amide bonds. The minimum atomic E-state index is 0.529. The monoisotopic (exact) mass is 197 g/mol. The second-order valence-electron chi connectivity index (χ2n) is 4.23. The molecule has 1 heteroatoms. The lowest BCUT2D eigenvalue weighted by molar-refractivity contribution is 0.405. The van der Waals surface area contributed by atoms with E-state index < -0.39 is 0 Å². The lowest BCUT2D eigenvalue weighted by atomic mass is 9.94. The average Bonchev–Trinajstić information content (AvgIpc) is 2.21. The van der Waals surface area contributed by atoms with Crippen LogP contribution in [0.1, 0.15) is 66.2 Å². The Bertz CT molecular complexity index is 140. The topological polar surface area (TPSA) is 12.4 Å². The van der Waals surface area contributed by atoms with Crippen LogP contribution >= 0.6 is 0 Å². The molecule has 14 heavy (non-hydrogen) atoms. The van der Waals surface area contributed by atoms with E-state index in [4.69, 9.17) is 0 Å². The molecule has 0 aliphatic carbocycles. The average molecular weight is 197 g/mol. The lowest BCUT2D eigenvalue weighted by Gasteiger charge is -2.14. The van der Waals surface area contributed by atoms with Gasteiger partial charge in [0.25, 0.3) is 0 Å². The van der Waals surface area contributed by atoms with Crippen LogP contribution in [0.2, 0.25) is 0 Å². The molecule has 0 saturated heterocycles. The Morgan fingerprint density at radius 2 is 1.79 bits per heavy atom. The van der Waals surface area contributed by atoms with Crippen molar-refractivity contribution in [2.75, 3.05) is 0 Å². The van der Waals surface area contributed by atoms with E-state index in [0.29, 0.717) is 6.04 Å². The summed E-state index contributed by atoms with van der Waals surface area (Å²) in [6.45, 7) is 8.95. The first-order valence-corrected chi connectivity index (χ1v) is 6.26. The summed E-state index contributed by atoms with van der Waals surface area (Å²) in [4.78, 5) is 4.48. The Hall–Kier alpha value is -0.330. The first kappa shape index (κ1) is 13.7. The lowest BCUT2D eigenvalue weighted by Crippen LogP contribution is -2.04. The van der Waals surface area contributed by atoms with Gasteiger partial charge in [0, 0.05) is 6.04 Å². The molecule has 0 aromatic heterocycles. The molecule has 0 N–H and O–H groups in total. The van der Waals surface area contributed by atoms with Gasteiger partial charge in [-0.3, -0.25) is 4.99 Å². The summed E-state index contributed by atoms with van der Waals surface area (Å²) in [5, 5.41) is 0. The van der Waals surface area contributed by atoms with Crippen LogP contribution < -0.4 is 0 Å². The molecule has 0 aromatic rings. The standard InChI is InChI=1S/C13H27N/c1-5-8-13(7-3)10-9-12(4)14-11-6-2/h11-13H,5-10H2,1-4H3. The number of aliphatic imine (C=N–C) groups is 1. The first-order valence-electron chi connectivity index (χ1n) is 6.26. The van der Waals surface area contributed by atoms with Crippen LogP contribution in [0.4, 0.5) is 0 Å². The maximum absolute atomic E-state index is 4.48. The van der Waals surface area contributed by atoms with Gasteiger partial charge < -0.3 is 0 Å². The SMILES string of the molecule is CCC=NC(C)CCC(CC)CCC. The number of hydrogen-bond acceptors (Lipinski definition) is 1. The van der Waals surface area contributed by atoms with Gasteiger partial charge in [-0.15, -0.1) is 0 Å². The molecule has 0 saturated carbocycles. The molecule has 0 aliphatic rings. The third-order valence-electron chi connectivity index (χ3n) is 2.81. The van der Waals surface area contributed by atoms with Crippen LogP contribution in [0.25, 0.3) is 0 Å². The fraction of sp³-hybridized carbons (Fsp3) is 0.923. The fourth-order valence-corrected chi connectivity index (χ4v) is 1.80. The molecule has 0 rings (SSSR count). The Kier molecular flexibility index (Phi) is 9.02. The van der Waals surface area contributed by atoms with Crippen LogP contribution in [-0.2, 0) is 0 Å². The molecule has 2 unspecified atom stereocenters. The van der Waals surface area contributed by atoms with Gasteiger partial charge in [-0.25, -0.2) is 0 Å². The van der Waals surface area contributed by atoms with Gasteiger partial charge >= 0.3 is 0 Å². The molecule has 0 heterocycles.